The Bertz CT molecular complexity index is 376. The highest BCUT2D eigenvalue weighted by molar-refractivity contribution is 7.99. The van der Waals surface area contributed by atoms with Crippen molar-refractivity contribution in [2.24, 2.45) is 0 Å². The van der Waals surface area contributed by atoms with Crippen molar-refractivity contribution in [1.82, 2.24) is 9.78 Å². The maximum absolute atomic E-state index is 10.2. The molecule has 1 atom stereocenters. The fraction of sp³-hybridized carbons (Fsp3) is 0.800. The summed E-state index contributed by atoms with van der Waals surface area (Å²) in [4.78, 5) is 0. The minimum atomic E-state index is -0.358. The quantitative estimate of drug-likeness (QED) is 0.704. The van der Waals surface area contributed by atoms with E-state index in [2.05, 4.69) is 25.5 Å². The summed E-state index contributed by atoms with van der Waals surface area (Å²) in [6, 6.07) is 0. The molecule has 1 aromatic rings. The molecule has 0 aliphatic rings. The predicted octanol–water partition coefficient (Wildman–Crippen LogP) is 3.59. The molecule has 0 aromatic carbocycles. The zero-order chi connectivity index (χ0) is 14.3. The molecule has 0 spiro atoms. The summed E-state index contributed by atoms with van der Waals surface area (Å²) in [7, 11) is 0. The number of hydrogen-bond donors (Lipinski definition) is 1. The fourth-order valence-corrected chi connectivity index (χ4v) is 3.06. The van der Waals surface area contributed by atoms with Gasteiger partial charge >= 0.3 is 0 Å². The molecule has 0 saturated carbocycles. The van der Waals surface area contributed by atoms with Crippen LogP contribution in [0.1, 0.15) is 63.6 Å². The van der Waals surface area contributed by atoms with Gasteiger partial charge in [-0.15, -0.1) is 0 Å². The predicted molar refractivity (Wildman–Crippen MR) is 83.8 cm³/mol. The minimum Gasteiger partial charge on any atom is -0.388 e. The van der Waals surface area contributed by atoms with Crippen LogP contribution in [0.25, 0.3) is 0 Å². The van der Waals surface area contributed by atoms with Gasteiger partial charge in [0.2, 0.25) is 0 Å². The Hall–Kier alpha value is -0.480. The van der Waals surface area contributed by atoms with Gasteiger partial charge < -0.3 is 5.11 Å². The summed E-state index contributed by atoms with van der Waals surface area (Å²) in [6.45, 7) is 9.46. The van der Waals surface area contributed by atoms with Crippen molar-refractivity contribution >= 4 is 11.8 Å². The number of aliphatic hydroxyl groups excluding tert-OH is 1. The van der Waals surface area contributed by atoms with Crippen LogP contribution in [0.15, 0.2) is 0 Å². The zero-order valence-electron chi connectivity index (χ0n) is 12.8. The number of thioether (sulfide) groups is 1. The van der Waals surface area contributed by atoms with Crippen LogP contribution in [0, 0.1) is 0 Å². The molecule has 3 nitrogen and oxygen atoms in total. The van der Waals surface area contributed by atoms with Gasteiger partial charge in [0.25, 0.3) is 0 Å². The van der Waals surface area contributed by atoms with Crippen LogP contribution in [0.5, 0.6) is 0 Å². The monoisotopic (exact) mass is 284 g/mol. The first-order valence-corrected chi connectivity index (χ1v) is 8.69. The van der Waals surface area contributed by atoms with Crippen LogP contribution >= 0.6 is 11.8 Å². The van der Waals surface area contributed by atoms with Gasteiger partial charge in [-0.25, -0.2) is 0 Å². The molecule has 0 bridgehead atoms. The van der Waals surface area contributed by atoms with E-state index in [9.17, 15) is 5.11 Å². The highest BCUT2D eigenvalue weighted by atomic mass is 32.2. The molecule has 0 aliphatic heterocycles. The van der Waals surface area contributed by atoms with E-state index in [1.54, 1.807) is 0 Å². The molecule has 1 aromatic heterocycles. The van der Waals surface area contributed by atoms with Crippen molar-refractivity contribution in [2.45, 2.75) is 66.0 Å². The maximum atomic E-state index is 10.2. The summed E-state index contributed by atoms with van der Waals surface area (Å²) in [5, 5.41) is 14.9. The normalized spacial score (nSPS) is 12.9. The van der Waals surface area contributed by atoms with Gasteiger partial charge in [-0.2, -0.15) is 16.9 Å². The van der Waals surface area contributed by atoms with Crippen molar-refractivity contribution in [3.63, 3.8) is 0 Å². The van der Waals surface area contributed by atoms with Gasteiger partial charge in [0.05, 0.1) is 11.8 Å². The van der Waals surface area contributed by atoms with Crippen LogP contribution in [0.3, 0.4) is 0 Å². The van der Waals surface area contributed by atoms with E-state index in [0.717, 1.165) is 43.5 Å². The number of nitrogens with zero attached hydrogens (tertiary/aromatic N) is 2. The number of aliphatic hydroxyl groups is 1. The van der Waals surface area contributed by atoms with Gasteiger partial charge in [-0.1, -0.05) is 27.7 Å². The Morgan fingerprint density at radius 2 is 1.95 bits per heavy atom. The molecule has 1 N–H and O–H groups in total. The van der Waals surface area contributed by atoms with E-state index < -0.39 is 0 Å². The van der Waals surface area contributed by atoms with E-state index in [-0.39, 0.29) is 6.10 Å². The summed E-state index contributed by atoms with van der Waals surface area (Å²) < 4.78 is 2.13. The molecule has 4 heteroatoms. The standard InChI is InChI=1S/C15H28N2OS/c1-5-12-15(14(18)7-3)13(6-2)17(16-12)10-9-11-19-8-4/h14,18H,5-11H2,1-4H3. The lowest BCUT2D eigenvalue weighted by molar-refractivity contribution is 0.171. The molecule has 1 unspecified atom stereocenters. The van der Waals surface area contributed by atoms with Crippen LogP contribution in [0.2, 0.25) is 0 Å². The van der Waals surface area contributed by atoms with Gasteiger partial charge in [-0.05, 0) is 37.2 Å². The first-order valence-electron chi connectivity index (χ1n) is 7.53. The largest absolute Gasteiger partial charge is 0.388 e. The molecule has 1 rings (SSSR count). The summed E-state index contributed by atoms with van der Waals surface area (Å²) in [6.07, 6.45) is 3.40. The Morgan fingerprint density at radius 3 is 2.47 bits per heavy atom. The van der Waals surface area contributed by atoms with Gasteiger partial charge in [-0.3, -0.25) is 4.68 Å². The van der Waals surface area contributed by atoms with E-state index in [1.165, 1.54) is 17.2 Å². The Labute approximate surface area is 121 Å². The van der Waals surface area contributed by atoms with Crippen LogP contribution in [0.4, 0.5) is 0 Å². The van der Waals surface area contributed by atoms with Gasteiger partial charge in [0.1, 0.15) is 0 Å². The number of hydrogen-bond acceptors (Lipinski definition) is 3. The molecule has 0 radical (unpaired) electrons. The van der Waals surface area contributed by atoms with Crippen molar-refractivity contribution in [1.29, 1.82) is 0 Å². The Morgan fingerprint density at radius 1 is 1.21 bits per heavy atom. The van der Waals surface area contributed by atoms with Crippen molar-refractivity contribution in [3.05, 3.63) is 17.0 Å². The van der Waals surface area contributed by atoms with E-state index in [0.29, 0.717) is 0 Å². The van der Waals surface area contributed by atoms with Crippen LogP contribution in [-0.4, -0.2) is 26.4 Å². The Balaban J connectivity index is 2.88. The topological polar surface area (TPSA) is 38.0 Å². The second-order valence-corrected chi connectivity index (χ2v) is 6.11. The lowest BCUT2D eigenvalue weighted by Gasteiger charge is -2.11. The summed E-state index contributed by atoms with van der Waals surface area (Å²) in [5.41, 5.74) is 3.40. The number of aryl methyl sites for hydroxylation is 2. The zero-order valence-corrected chi connectivity index (χ0v) is 13.6. The molecule has 1 heterocycles. The highest BCUT2D eigenvalue weighted by Crippen LogP contribution is 2.26. The summed E-state index contributed by atoms with van der Waals surface area (Å²) >= 11 is 1.98. The molecule has 0 fully saturated rings. The van der Waals surface area contributed by atoms with Gasteiger partial charge in [0.15, 0.2) is 0 Å². The Kier molecular flexibility index (Phi) is 7.54. The lowest BCUT2D eigenvalue weighted by Crippen LogP contribution is -2.07. The molecule has 0 saturated heterocycles. The molecule has 0 aliphatic carbocycles. The second kappa shape index (κ2) is 8.64. The van der Waals surface area contributed by atoms with Gasteiger partial charge in [0, 0.05) is 17.8 Å². The third kappa shape index (κ3) is 4.25. The third-order valence-corrected chi connectivity index (χ3v) is 4.41. The molecule has 0 amide bonds. The van der Waals surface area contributed by atoms with Crippen LogP contribution in [-0.2, 0) is 19.4 Å². The lowest BCUT2D eigenvalue weighted by atomic mass is 10.0. The fourth-order valence-electron chi connectivity index (χ4n) is 2.43. The maximum Gasteiger partial charge on any atom is 0.0823 e. The SMILES string of the molecule is CCSCCCn1nc(CC)c(C(O)CC)c1CC. The molecular formula is C15H28N2OS. The second-order valence-electron chi connectivity index (χ2n) is 4.71. The van der Waals surface area contributed by atoms with E-state index in [1.807, 2.05) is 18.7 Å². The van der Waals surface area contributed by atoms with Crippen LogP contribution < -0.4 is 0 Å². The smallest absolute Gasteiger partial charge is 0.0823 e. The molecule has 19 heavy (non-hydrogen) atoms. The van der Waals surface area contributed by atoms with E-state index >= 15 is 0 Å². The van der Waals surface area contributed by atoms with Crippen molar-refractivity contribution in [3.8, 4) is 0 Å². The van der Waals surface area contributed by atoms with Crippen molar-refractivity contribution in [2.75, 3.05) is 11.5 Å². The average Bonchev–Trinajstić information content (AvgIpc) is 2.80. The first kappa shape index (κ1) is 16.6. The number of rotatable bonds is 9. The summed E-state index contributed by atoms with van der Waals surface area (Å²) in [5.74, 6) is 2.37. The third-order valence-electron chi connectivity index (χ3n) is 3.43. The first-order chi connectivity index (χ1) is 9.19. The highest BCUT2D eigenvalue weighted by Gasteiger charge is 2.20. The molecule has 110 valence electrons. The minimum absolute atomic E-state index is 0.358. The molecular weight excluding hydrogens is 256 g/mol. The van der Waals surface area contributed by atoms with E-state index in [4.69, 9.17) is 5.10 Å². The number of aromatic nitrogens is 2. The van der Waals surface area contributed by atoms with Crippen molar-refractivity contribution < 1.29 is 5.11 Å². The average molecular weight is 284 g/mol.